The molecule has 0 saturated carbocycles. The maximum atomic E-state index is 10.6. The van der Waals surface area contributed by atoms with E-state index in [1.54, 1.807) is 24.6 Å². The number of rotatable bonds is 15. The number of hydrogen-bond acceptors (Lipinski definition) is 3. The standard InChI is InChI=1S/C16H37P.C4H9Cl2NO3S/c1-5-9-13-17(14-10-6-2,15-11-7-3)16-12-8-4;1-4(2,3-7(5)6)11(8,9)10/h17H,5-16H2,1-4H3;3H2,1-2H3,(H,8,9,10). The third kappa shape index (κ3) is 14.8. The Morgan fingerprint density at radius 2 is 1.07 bits per heavy atom. The van der Waals surface area contributed by atoms with Crippen LogP contribution in [0.25, 0.3) is 0 Å². The van der Waals surface area contributed by atoms with Gasteiger partial charge in [-0.3, -0.25) is 4.55 Å². The Kier molecular flexibility index (Phi) is 18.4. The van der Waals surface area contributed by atoms with Crippen LogP contribution in [0.2, 0.25) is 0 Å². The summed E-state index contributed by atoms with van der Waals surface area (Å²) in [7, 11) is -4.99. The van der Waals surface area contributed by atoms with Crippen LogP contribution < -0.4 is 0 Å². The first kappa shape index (κ1) is 31.1. The minimum atomic E-state index is -4.11. The van der Waals surface area contributed by atoms with E-state index in [1.807, 2.05) is 0 Å². The van der Waals surface area contributed by atoms with Crippen molar-refractivity contribution in [1.29, 1.82) is 0 Å². The Balaban J connectivity index is 0. The van der Waals surface area contributed by atoms with E-state index >= 15 is 0 Å². The summed E-state index contributed by atoms with van der Waals surface area (Å²) in [6.45, 7) is 11.9. The van der Waals surface area contributed by atoms with E-state index < -0.39 is 22.1 Å². The zero-order chi connectivity index (χ0) is 22.3. The molecular formula is C20H46Cl2NO3PS. The third-order valence-electron chi connectivity index (χ3n) is 5.44. The number of halogens is 2. The minimum absolute atomic E-state index is 0.158. The van der Waals surface area contributed by atoms with Crippen LogP contribution in [0.1, 0.15) is 92.9 Å². The number of nitrogens with zero attached hydrogens (tertiary/aromatic N) is 1. The summed E-state index contributed by atoms with van der Waals surface area (Å²) in [5.74, 6) is 0. The molecule has 0 atom stereocenters. The molecule has 0 bridgehead atoms. The molecule has 0 saturated heterocycles. The summed E-state index contributed by atoms with van der Waals surface area (Å²) in [6.07, 6.45) is 18.1. The van der Waals surface area contributed by atoms with E-state index in [9.17, 15) is 8.42 Å². The topological polar surface area (TPSA) is 57.6 Å². The molecule has 0 rings (SSSR count). The monoisotopic (exact) mass is 481 g/mol. The zero-order valence-electron chi connectivity index (χ0n) is 19.1. The predicted molar refractivity (Wildman–Crippen MR) is 131 cm³/mol. The molecular weight excluding hydrogens is 436 g/mol. The van der Waals surface area contributed by atoms with Crippen LogP contribution in [0.4, 0.5) is 0 Å². The Bertz CT molecular complexity index is 437. The molecule has 0 aliphatic rings. The number of hydrogen-bond donors (Lipinski definition) is 1. The van der Waals surface area contributed by atoms with Crippen molar-refractivity contribution in [2.75, 3.05) is 31.2 Å². The Morgan fingerprint density at radius 3 is 1.21 bits per heavy atom. The molecule has 8 heteroatoms. The van der Waals surface area contributed by atoms with Gasteiger partial charge in [0.05, 0.1) is 6.54 Å². The summed E-state index contributed by atoms with van der Waals surface area (Å²) >= 11 is 10.4. The predicted octanol–water partition coefficient (Wildman–Crippen LogP) is 7.20. The van der Waals surface area contributed by atoms with Gasteiger partial charge < -0.3 is 0 Å². The molecule has 0 aromatic heterocycles. The van der Waals surface area contributed by atoms with Gasteiger partial charge in [0.25, 0.3) is 10.1 Å². The van der Waals surface area contributed by atoms with Crippen molar-refractivity contribution in [2.45, 2.75) is 97.7 Å². The molecule has 0 unspecified atom stereocenters. The summed E-state index contributed by atoms with van der Waals surface area (Å²) in [4.78, 5) is 0. The Morgan fingerprint density at radius 1 is 0.786 bits per heavy atom. The van der Waals surface area contributed by atoms with Crippen LogP contribution in [-0.2, 0) is 10.1 Å². The molecule has 1 N–H and O–H groups in total. The van der Waals surface area contributed by atoms with Crippen molar-refractivity contribution in [3.8, 4) is 0 Å². The maximum absolute atomic E-state index is 10.6. The van der Waals surface area contributed by atoms with Gasteiger partial charge in [0.1, 0.15) is 4.75 Å². The molecule has 0 aromatic rings. The van der Waals surface area contributed by atoms with Crippen LogP contribution in [0.15, 0.2) is 0 Å². The fourth-order valence-electron chi connectivity index (χ4n) is 3.33. The first-order valence-electron chi connectivity index (χ1n) is 11.0. The van der Waals surface area contributed by atoms with Gasteiger partial charge >= 0.3 is 111 Å². The summed E-state index contributed by atoms with van der Waals surface area (Å²) < 4.78 is 29.1. The van der Waals surface area contributed by atoms with Gasteiger partial charge in [0.2, 0.25) is 0 Å². The third-order valence-corrected chi connectivity index (χ3v) is 12.9. The van der Waals surface area contributed by atoms with E-state index in [4.69, 9.17) is 28.1 Å². The summed E-state index contributed by atoms with van der Waals surface area (Å²) in [5.41, 5.74) is 0. The molecule has 28 heavy (non-hydrogen) atoms. The van der Waals surface area contributed by atoms with Crippen LogP contribution in [0.5, 0.6) is 0 Å². The summed E-state index contributed by atoms with van der Waals surface area (Å²) in [5, 5.41) is 0. The van der Waals surface area contributed by atoms with Gasteiger partial charge in [-0.25, -0.2) is 0 Å². The molecule has 0 aromatic carbocycles. The van der Waals surface area contributed by atoms with Crippen molar-refractivity contribution in [2.24, 2.45) is 0 Å². The van der Waals surface area contributed by atoms with Crippen molar-refractivity contribution in [1.82, 2.24) is 3.94 Å². The van der Waals surface area contributed by atoms with E-state index in [0.717, 1.165) is 0 Å². The van der Waals surface area contributed by atoms with Gasteiger partial charge in [0.15, 0.2) is 0 Å². The van der Waals surface area contributed by atoms with Crippen LogP contribution >= 0.6 is 30.8 Å². The zero-order valence-corrected chi connectivity index (χ0v) is 22.4. The van der Waals surface area contributed by atoms with Gasteiger partial charge in [-0.1, -0.05) is 0 Å². The van der Waals surface area contributed by atoms with Gasteiger partial charge in [-0.2, -0.15) is 8.42 Å². The fourth-order valence-corrected chi connectivity index (χ4v) is 10.3. The first-order chi connectivity index (χ1) is 12.9. The molecule has 0 heterocycles. The Hall–Kier alpha value is 0.880. The summed E-state index contributed by atoms with van der Waals surface area (Å²) in [6, 6.07) is 0. The van der Waals surface area contributed by atoms with E-state index in [1.165, 1.54) is 65.2 Å². The molecule has 0 aliphatic heterocycles. The molecule has 0 fully saturated rings. The van der Waals surface area contributed by atoms with Crippen LogP contribution in [0.3, 0.4) is 0 Å². The van der Waals surface area contributed by atoms with Crippen molar-refractivity contribution in [3.05, 3.63) is 0 Å². The normalized spacial score (nSPS) is 13.4. The van der Waals surface area contributed by atoms with Gasteiger partial charge in [-0.05, 0) is 37.4 Å². The SMILES string of the molecule is CC(C)(CN(Cl)Cl)S(=O)(=O)O.CCCC[PH](CCCC)(CCCC)CCCC. The molecule has 0 amide bonds. The second kappa shape index (κ2) is 16.6. The molecule has 0 spiro atoms. The fraction of sp³-hybridized carbons (Fsp3) is 1.00. The molecule has 4 nitrogen and oxygen atoms in total. The molecule has 0 radical (unpaired) electrons. The average Bonchev–Trinajstić information content (AvgIpc) is 2.59. The van der Waals surface area contributed by atoms with E-state index in [0.29, 0.717) is 3.94 Å². The number of unbranched alkanes of at least 4 members (excludes halogenated alkanes) is 4. The van der Waals surface area contributed by atoms with Gasteiger partial charge in [0, 0.05) is 0 Å². The second-order valence-electron chi connectivity index (χ2n) is 8.61. The van der Waals surface area contributed by atoms with Crippen LogP contribution in [-0.4, -0.2) is 52.8 Å². The first-order valence-corrected chi connectivity index (χ1v) is 15.9. The molecule has 0 aliphatic carbocycles. The van der Waals surface area contributed by atoms with E-state index in [-0.39, 0.29) is 6.54 Å². The van der Waals surface area contributed by atoms with Gasteiger partial charge in [-0.15, -0.1) is 3.94 Å². The van der Waals surface area contributed by atoms with Crippen molar-refractivity contribution < 1.29 is 13.0 Å². The van der Waals surface area contributed by atoms with Crippen molar-refractivity contribution >= 4 is 40.9 Å². The molecule has 174 valence electrons. The Labute approximate surface area is 186 Å². The quantitative estimate of drug-likeness (QED) is 0.152. The van der Waals surface area contributed by atoms with Crippen LogP contribution in [0, 0.1) is 0 Å². The second-order valence-corrected chi connectivity index (χ2v) is 16.7. The van der Waals surface area contributed by atoms with E-state index in [2.05, 4.69) is 27.7 Å². The van der Waals surface area contributed by atoms with Crippen molar-refractivity contribution in [3.63, 3.8) is 0 Å². The average molecular weight is 483 g/mol.